The lowest BCUT2D eigenvalue weighted by Crippen LogP contribution is -2.33. The van der Waals surface area contributed by atoms with Gasteiger partial charge in [0.1, 0.15) is 5.60 Å². The number of anilines is 1. The van der Waals surface area contributed by atoms with Gasteiger partial charge in [0, 0.05) is 13.1 Å². The molecule has 0 aliphatic rings. The van der Waals surface area contributed by atoms with Gasteiger partial charge in [-0.3, -0.25) is 0 Å². The summed E-state index contributed by atoms with van der Waals surface area (Å²) in [7, 11) is 0. The molecule has 1 aromatic carbocycles. The van der Waals surface area contributed by atoms with Crippen molar-refractivity contribution in [1.29, 1.82) is 0 Å². The molecule has 0 atom stereocenters. The number of hydrogen-bond acceptors (Lipinski definition) is 5. The maximum absolute atomic E-state index is 11.6. The minimum atomic E-state index is -1.00. The van der Waals surface area contributed by atoms with E-state index in [9.17, 15) is 14.7 Å². The number of ether oxygens (including phenoxy) is 1. The summed E-state index contributed by atoms with van der Waals surface area (Å²) in [5.74, 6) is -0.695. The van der Waals surface area contributed by atoms with Crippen molar-refractivity contribution in [3.05, 3.63) is 23.8 Å². The molecule has 0 aliphatic carbocycles. The molecule has 0 saturated carbocycles. The van der Waals surface area contributed by atoms with Crippen LogP contribution in [-0.2, 0) is 11.3 Å². The van der Waals surface area contributed by atoms with E-state index in [1.807, 2.05) is 20.8 Å². The van der Waals surface area contributed by atoms with Gasteiger partial charge in [-0.2, -0.15) is 0 Å². The van der Waals surface area contributed by atoms with Crippen molar-refractivity contribution < 1.29 is 19.4 Å². The van der Waals surface area contributed by atoms with E-state index in [-0.39, 0.29) is 5.56 Å². The first kappa shape index (κ1) is 19.6. The molecule has 4 N–H and O–H groups in total. The fourth-order valence-electron chi connectivity index (χ4n) is 2.68. The number of aromatic carboxylic acids is 1. The maximum atomic E-state index is 11.6. The van der Waals surface area contributed by atoms with Crippen LogP contribution >= 0.6 is 0 Å². The van der Waals surface area contributed by atoms with Gasteiger partial charge in [0.15, 0.2) is 0 Å². The van der Waals surface area contributed by atoms with Crippen molar-refractivity contribution in [1.82, 2.24) is 14.9 Å². The van der Waals surface area contributed by atoms with Gasteiger partial charge < -0.3 is 25.5 Å². The van der Waals surface area contributed by atoms with Crippen LogP contribution in [0.25, 0.3) is 11.0 Å². The molecule has 142 valence electrons. The summed E-state index contributed by atoms with van der Waals surface area (Å²) in [6.07, 6.45) is 2.01. The second-order valence-corrected chi connectivity index (χ2v) is 7.09. The number of carbonyl (C=O) groups is 2. The number of rotatable bonds is 7. The summed E-state index contributed by atoms with van der Waals surface area (Å²) < 4.78 is 6.90. The number of benzene rings is 1. The number of nitrogen functional groups attached to an aromatic ring is 1. The number of para-hydroxylation sites is 1. The van der Waals surface area contributed by atoms with Crippen LogP contribution < -0.4 is 11.1 Å². The second-order valence-electron chi connectivity index (χ2n) is 7.09. The molecule has 0 fully saturated rings. The van der Waals surface area contributed by atoms with E-state index >= 15 is 0 Å². The zero-order valence-corrected chi connectivity index (χ0v) is 15.4. The van der Waals surface area contributed by atoms with E-state index in [2.05, 4.69) is 10.3 Å². The van der Waals surface area contributed by atoms with Crippen molar-refractivity contribution in [2.75, 3.05) is 12.3 Å². The monoisotopic (exact) mass is 362 g/mol. The van der Waals surface area contributed by atoms with E-state index < -0.39 is 17.7 Å². The number of hydrogen-bond donors (Lipinski definition) is 3. The Bertz CT molecular complexity index is 792. The van der Waals surface area contributed by atoms with Gasteiger partial charge in [0.2, 0.25) is 5.95 Å². The third kappa shape index (κ3) is 5.11. The standard InChI is InChI=1S/C18H26N4O4/c1-18(2,3)26-17(25)20-10-5-4-6-11-22-14-12(15(23)24)8-7-9-13(14)21-16(22)19/h7-9H,4-6,10-11H2,1-3H3,(H2,19,21)(H,20,25)(H,23,24). The van der Waals surface area contributed by atoms with Gasteiger partial charge >= 0.3 is 12.1 Å². The van der Waals surface area contributed by atoms with E-state index in [4.69, 9.17) is 10.5 Å². The van der Waals surface area contributed by atoms with Crippen LogP contribution in [0.4, 0.5) is 10.7 Å². The smallest absolute Gasteiger partial charge is 0.407 e. The zero-order chi connectivity index (χ0) is 19.3. The van der Waals surface area contributed by atoms with Crippen LogP contribution in [0.3, 0.4) is 0 Å². The van der Waals surface area contributed by atoms with E-state index in [0.717, 1.165) is 19.3 Å². The highest BCUT2D eigenvalue weighted by Crippen LogP contribution is 2.22. The quantitative estimate of drug-likeness (QED) is 0.651. The summed E-state index contributed by atoms with van der Waals surface area (Å²) in [5, 5.41) is 12.1. The van der Waals surface area contributed by atoms with Crippen molar-refractivity contribution >= 4 is 29.0 Å². The largest absolute Gasteiger partial charge is 0.478 e. The zero-order valence-electron chi connectivity index (χ0n) is 15.4. The highest BCUT2D eigenvalue weighted by atomic mass is 16.6. The maximum Gasteiger partial charge on any atom is 0.407 e. The number of unbranched alkanes of at least 4 members (excludes halogenated alkanes) is 2. The normalized spacial score (nSPS) is 11.5. The molecular weight excluding hydrogens is 336 g/mol. The number of alkyl carbamates (subject to hydrolysis) is 1. The lowest BCUT2D eigenvalue weighted by molar-refractivity contribution is 0.0526. The predicted octanol–water partition coefficient (Wildman–Crippen LogP) is 3.01. The Kier molecular flexibility index (Phi) is 6.07. The molecule has 0 radical (unpaired) electrons. The third-order valence-corrected chi connectivity index (χ3v) is 3.75. The number of amides is 1. The molecule has 1 aromatic heterocycles. The van der Waals surface area contributed by atoms with Crippen molar-refractivity contribution in [2.45, 2.75) is 52.2 Å². The topological polar surface area (TPSA) is 119 Å². The van der Waals surface area contributed by atoms with E-state index in [1.54, 1.807) is 22.8 Å². The molecular formula is C18H26N4O4. The number of nitrogens with one attached hydrogen (secondary N) is 1. The second kappa shape index (κ2) is 8.07. The summed E-state index contributed by atoms with van der Waals surface area (Å²) >= 11 is 0. The lowest BCUT2D eigenvalue weighted by atomic mass is 10.1. The van der Waals surface area contributed by atoms with Gasteiger partial charge in [-0.1, -0.05) is 6.07 Å². The minimum absolute atomic E-state index is 0.193. The first-order valence-electron chi connectivity index (χ1n) is 8.64. The summed E-state index contributed by atoms with van der Waals surface area (Å²) in [4.78, 5) is 27.2. The molecule has 8 nitrogen and oxygen atoms in total. The molecule has 0 spiro atoms. The average molecular weight is 362 g/mol. The van der Waals surface area contributed by atoms with Crippen molar-refractivity contribution in [3.8, 4) is 0 Å². The van der Waals surface area contributed by atoms with Gasteiger partial charge in [0.05, 0.1) is 16.6 Å². The highest BCUT2D eigenvalue weighted by Gasteiger charge is 2.17. The van der Waals surface area contributed by atoms with Crippen LogP contribution in [-0.4, -0.2) is 38.9 Å². The fraction of sp³-hybridized carbons (Fsp3) is 0.500. The first-order valence-corrected chi connectivity index (χ1v) is 8.64. The highest BCUT2D eigenvalue weighted by molar-refractivity contribution is 6.01. The molecule has 0 bridgehead atoms. The molecule has 1 amide bonds. The molecule has 2 aromatic rings. The Labute approximate surface area is 152 Å². The number of carboxylic acid groups (broad SMARTS) is 1. The minimum Gasteiger partial charge on any atom is -0.478 e. The van der Waals surface area contributed by atoms with Crippen molar-refractivity contribution in [2.24, 2.45) is 0 Å². The number of nitrogens with zero attached hydrogens (tertiary/aromatic N) is 2. The molecule has 8 heteroatoms. The molecule has 0 unspecified atom stereocenters. The van der Waals surface area contributed by atoms with E-state index in [0.29, 0.717) is 30.1 Å². The van der Waals surface area contributed by atoms with Gasteiger partial charge in [-0.25, -0.2) is 14.6 Å². The number of carbonyl (C=O) groups excluding carboxylic acids is 1. The summed E-state index contributed by atoms with van der Waals surface area (Å²) in [6, 6.07) is 4.96. The Morgan fingerprint density at radius 1 is 1.27 bits per heavy atom. The van der Waals surface area contributed by atoms with Crippen LogP contribution in [0.1, 0.15) is 50.4 Å². The van der Waals surface area contributed by atoms with Gasteiger partial charge in [-0.15, -0.1) is 0 Å². The average Bonchev–Trinajstić information content (AvgIpc) is 2.84. The van der Waals surface area contributed by atoms with Crippen LogP contribution in [0.2, 0.25) is 0 Å². The molecule has 26 heavy (non-hydrogen) atoms. The van der Waals surface area contributed by atoms with Gasteiger partial charge in [-0.05, 0) is 52.2 Å². The Morgan fingerprint density at radius 2 is 2.00 bits per heavy atom. The number of nitrogens with two attached hydrogens (primary N) is 1. The Hall–Kier alpha value is -2.77. The van der Waals surface area contributed by atoms with E-state index in [1.165, 1.54) is 0 Å². The number of aromatic nitrogens is 2. The third-order valence-electron chi connectivity index (χ3n) is 3.75. The molecule has 1 heterocycles. The SMILES string of the molecule is CC(C)(C)OC(=O)NCCCCCn1c(N)nc2cccc(C(=O)O)c21. The Balaban J connectivity index is 1.86. The molecule has 0 aliphatic heterocycles. The van der Waals surface area contributed by atoms with Crippen LogP contribution in [0.15, 0.2) is 18.2 Å². The summed E-state index contributed by atoms with van der Waals surface area (Å²) in [6.45, 7) is 6.54. The Morgan fingerprint density at radius 3 is 2.65 bits per heavy atom. The first-order chi connectivity index (χ1) is 12.2. The fourth-order valence-corrected chi connectivity index (χ4v) is 2.68. The molecule has 2 rings (SSSR count). The number of imidazole rings is 1. The lowest BCUT2D eigenvalue weighted by Gasteiger charge is -2.19. The van der Waals surface area contributed by atoms with Crippen LogP contribution in [0.5, 0.6) is 0 Å². The van der Waals surface area contributed by atoms with Crippen molar-refractivity contribution in [3.63, 3.8) is 0 Å². The molecule has 0 saturated heterocycles. The van der Waals surface area contributed by atoms with Crippen LogP contribution in [0, 0.1) is 0 Å². The van der Waals surface area contributed by atoms with Gasteiger partial charge in [0.25, 0.3) is 0 Å². The number of aryl methyl sites for hydroxylation is 1. The number of fused-ring (bicyclic) bond motifs is 1. The predicted molar refractivity (Wildman–Crippen MR) is 99.2 cm³/mol. The number of carboxylic acids is 1. The summed E-state index contributed by atoms with van der Waals surface area (Å²) in [5.41, 5.74) is 6.76.